The molecule has 0 amide bonds. The number of nitrogens with one attached hydrogen (secondary N) is 1. The zero-order valence-electron chi connectivity index (χ0n) is 9.94. The van der Waals surface area contributed by atoms with Crippen LogP contribution in [-0.2, 0) is 9.84 Å². The van der Waals surface area contributed by atoms with Gasteiger partial charge in [0.1, 0.15) is 14.8 Å². The first-order chi connectivity index (χ1) is 8.29. The van der Waals surface area contributed by atoms with E-state index in [1.165, 1.54) is 6.26 Å². The van der Waals surface area contributed by atoms with Gasteiger partial charge in [0.05, 0.1) is 5.75 Å². The Hall–Kier alpha value is -0.660. The van der Waals surface area contributed by atoms with Crippen molar-refractivity contribution >= 4 is 48.7 Å². The molecule has 0 fully saturated rings. The number of anilines is 1. The molecule has 0 radical (unpaired) electrons. The molecule has 3 N–H and O–H groups in total. The Kier molecular flexibility index (Phi) is 5.55. The fraction of sp³-hybridized carbons (Fsp3) is 0.364. The van der Waals surface area contributed by atoms with Gasteiger partial charge in [0, 0.05) is 28.5 Å². The van der Waals surface area contributed by atoms with Crippen molar-refractivity contribution in [3.8, 4) is 0 Å². The van der Waals surface area contributed by atoms with Crippen LogP contribution in [0, 0.1) is 0 Å². The molecular weight excluding hydrogens is 336 g/mol. The van der Waals surface area contributed by atoms with E-state index in [1.807, 2.05) is 18.2 Å². The number of benzene rings is 1. The highest BCUT2D eigenvalue weighted by atomic mass is 79.9. The van der Waals surface area contributed by atoms with Crippen LogP contribution < -0.4 is 11.1 Å². The average Bonchev–Trinajstić information content (AvgIpc) is 2.24. The standard InChI is InChI=1S/C11H15BrN2O2S2/c1-18(15,16)6-2-5-14-10-4-3-8(11(13)17)7-9(10)12/h3-4,7,14H,2,5-6H2,1H3,(H2,13,17). The van der Waals surface area contributed by atoms with Crippen LogP contribution in [0.25, 0.3) is 0 Å². The Morgan fingerprint density at radius 2 is 2.17 bits per heavy atom. The van der Waals surface area contributed by atoms with Gasteiger partial charge in [-0.3, -0.25) is 0 Å². The van der Waals surface area contributed by atoms with Crippen LogP contribution in [0.2, 0.25) is 0 Å². The topological polar surface area (TPSA) is 72.2 Å². The third-order valence-electron chi connectivity index (χ3n) is 2.26. The summed E-state index contributed by atoms with van der Waals surface area (Å²) in [6.07, 6.45) is 1.81. The lowest BCUT2D eigenvalue weighted by atomic mass is 10.2. The van der Waals surface area contributed by atoms with Gasteiger partial charge in [0.25, 0.3) is 0 Å². The van der Waals surface area contributed by atoms with Gasteiger partial charge in [-0.1, -0.05) is 12.2 Å². The lowest BCUT2D eigenvalue weighted by molar-refractivity contribution is 0.600. The van der Waals surface area contributed by atoms with E-state index in [0.717, 1.165) is 15.7 Å². The van der Waals surface area contributed by atoms with E-state index in [9.17, 15) is 8.42 Å². The first-order valence-corrected chi connectivity index (χ1v) is 8.57. The number of rotatable bonds is 6. The summed E-state index contributed by atoms with van der Waals surface area (Å²) in [5.41, 5.74) is 7.21. The second-order valence-electron chi connectivity index (χ2n) is 3.97. The molecule has 0 aliphatic carbocycles. The van der Waals surface area contributed by atoms with E-state index in [1.54, 1.807) is 0 Å². The van der Waals surface area contributed by atoms with Crippen LogP contribution in [0.15, 0.2) is 22.7 Å². The van der Waals surface area contributed by atoms with E-state index in [4.69, 9.17) is 18.0 Å². The first-order valence-electron chi connectivity index (χ1n) is 5.30. The van der Waals surface area contributed by atoms with Crippen LogP contribution in [0.1, 0.15) is 12.0 Å². The van der Waals surface area contributed by atoms with E-state index < -0.39 is 9.84 Å². The molecule has 0 saturated heterocycles. The summed E-state index contributed by atoms with van der Waals surface area (Å²) in [5, 5.41) is 3.16. The van der Waals surface area contributed by atoms with Crippen LogP contribution in [0.4, 0.5) is 5.69 Å². The second kappa shape index (κ2) is 6.49. The van der Waals surface area contributed by atoms with Crippen molar-refractivity contribution in [2.45, 2.75) is 6.42 Å². The largest absolute Gasteiger partial charge is 0.389 e. The maximum Gasteiger partial charge on any atom is 0.147 e. The lowest BCUT2D eigenvalue weighted by Crippen LogP contribution is -2.11. The third kappa shape index (κ3) is 5.32. The molecule has 0 atom stereocenters. The van der Waals surface area contributed by atoms with Gasteiger partial charge in [-0.15, -0.1) is 0 Å². The summed E-state index contributed by atoms with van der Waals surface area (Å²) >= 11 is 8.29. The minimum absolute atomic E-state index is 0.183. The van der Waals surface area contributed by atoms with E-state index in [2.05, 4.69) is 21.2 Å². The Morgan fingerprint density at radius 3 is 2.67 bits per heavy atom. The highest BCUT2D eigenvalue weighted by molar-refractivity contribution is 9.10. The number of hydrogen-bond donors (Lipinski definition) is 2. The van der Waals surface area contributed by atoms with E-state index in [-0.39, 0.29) is 5.75 Å². The normalized spacial score (nSPS) is 11.2. The summed E-state index contributed by atoms with van der Waals surface area (Å²) in [6, 6.07) is 5.52. The summed E-state index contributed by atoms with van der Waals surface area (Å²) in [6.45, 7) is 0.595. The molecule has 18 heavy (non-hydrogen) atoms. The molecule has 0 aliphatic rings. The first kappa shape index (κ1) is 15.4. The Balaban J connectivity index is 2.56. The molecule has 1 aromatic carbocycles. The summed E-state index contributed by atoms with van der Waals surface area (Å²) < 4.78 is 22.8. The molecule has 0 bridgehead atoms. The number of sulfone groups is 1. The van der Waals surface area contributed by atoms with Crippen molar-refractivity contribution in [2.24, 2.45) is 5.73 Å². The van der Waals surface area contributed by atoms with Crippen molar-refractivity contribution in [1.82, 2.24) is 0 Å². The highest BCUT2D eigenvalue weighted by Gasteiger charge is 2.04. The van der Waals surface area contributed by atoms with Crippen molar-refractivity contribution in [3.63, 3.8) is 0 Å². The van der Waals surface area contributed by atoms with Gasteiger partial charge < -0.3 is 11.1 Å². The van der Waals surface area contributed by atoms with Crippen molar-refractivity contribution in [1.29, 1.82) is 0 Å². The fourth-order valence-corrected chi connectivity index (χ4v) is 2.68. The zero-order valence-corrected chi connectivity index (χ0v) is 13.2. The molecule has 0 heterocycles. The minimum Gasteiger partial charge on any atom is -0.389 e. The third-order valence-corrected chi connectivity index (χ3v) is 4.18. The summed E-state index contributed by atoms with van der Waals surface area (Å²) in [5.74, 6) is 0.183. The predicted octanol–water partition coefficient (Wildman–Crippen LogP) is 1.93. The SMILES string of the molecule is CS(=O)(=O)CCCNc1ccc(C(N)=S)cc1Br. The van der Waals surface area contributed by atoms with Gasteiger partial charge in [-0.2, -0.15) is 0 Å². The molecule has 100 valence electrons. The molecule has 0 unspecified atom stereocenters. The van der Waals surface area contributed by atoms with Gasteiger partial charge in [-0.25, -0.2) is 8.42 Å². The zero-order chi connectivity index (χ0) is 13.8. The number of nitrogens with two attached hydrogens (primary N) is 1. The molecule has 1 rings (SSSR count). The average molecular weight is 351 g/mol. The van der Waals surface area contributed by atoms with Gasteiger partial charge in [-0.05, 0) is 40.5 Å². The lowest BCUT2D eigenvalue weighted by Gasteiger charge is -2.09. The molecule has 1 aromatic rings. The molecule has 0 spiro atoms. The van der Waals surface area contributed by atoms with Crippen molar-refractivity contribution in [3.05, 3.63) is 28.2 Å². The Labute approximate surface area is 121 Å². The van der Waals surface area contributed by atoms with Crippen LogP contribution >= 0.6 is 28.1 Å². The molecular formula is C11H15BrN2O2S2. The van der Waals surface area contributed by atoms with Crippen LogP contribution in [0.5, 0.6) is 0 Å². The Bertz CT molecular complexity index is 544. The van der Waals surface area contributed by atoms with E-state index >= 15 is 0 Å². The van der Waals surface area contributed by atoms with Crippen molar-refractivity contribution in [2.75, 3.05) is 23.9 Å². The minimum atomic E-state index is -2.89. The maximum atomic E-state index is 11.0. The second-order valence-corrected chi connectivity index (χ2v) is 7.52. The Morgan fingerprint density at radius 1 is 1.50 bits per heavy atom. The van der Waals surface area contributed by atoms with Gasteiger partial charge in [0.2, 0.25) is 0 Å². The molecule has 0 aliphatic heterocycles. The molecule has 0 saturated carbocycles. The molecule has 4 nitrogen and oxygen atoms in total. The number of thiocarbonyl (C=S) groups is 1. The monoisotopic (exact) mass is 350 g/mol. The quantitative estimate of drug-likeness (QED) is 0.605. The number of hydrogen-bond acceptors (Lipinski definition) is 4. The molecule has 0 aromatic heterocycles. The fourth-order valence-electron chi connectivity index (χ4n) is 1.37. The molecule has 7 heteroatoms. The van der Waals surface area contributed by atoms with Gasteiger partial charge in [0.15, 0.2) is 0 Å². The maximum absolute atomic E-state index is 11.0. The van der Waals surface area contributed by atoms with Crippen LogP contribution in [-0.4, -0.2) is 32.0 Å². The summed E-state index contributed by atoms with van der Waals surface area (Å²) in [4.78, 5) is 0.347. The highest BCUT2D eigenvalue weighted by Crippen LogP contribution is 2.23. The van der Waals surface area contributed by atoms with Crippen molar-refractivity contribution < 1.29 is 8.42 Å². The van der Waals surface area contributed by atoms with Crippen LogP contribution in [0.3, 0.4) is 0 Å². The van der Waals surface area contributed by atoms with E-state index in [0.29, 0.717) is 18.0 Å². The predicted molar refractivity (Wildman–Crippen MR) is 82.8 cm³/mol. The summed E-state index contributed by atoms with van der Waals surface area (Å²) in [7, 11) is -2.89. The van der Waals surface area contributed by atoms with Gasteiger partial charge >= 0.3 is 0 Å². The number of halogens is 1. The smallest absolute Gasteiger partial charge is 0.147 e.